The zero-order valence-corrected chi connectivity index (χ0v) is 10.5. The number of carbonyl (C=O) groups is 1. The summed E-state index contributed by atoms with van der Waals surface area (Å²) >= 11 is 2.95. The molecule has 0 saturated carbocycles. The molecular formula is C10H10BrF2NO3. The van der Waals surface area contributed by atoms with E-state index in [1.165, 1.54) is 0 Å². The van der Waals surface area contributed by atoms with Crippen LogP contribution in [-0.2, 0) is 10.1 Å². The van der Waals surface area contributed by atoms with Crippen LogP contribution in [0.1, 0.15) is 35.1 Å². The molecule has 7 heteroatoms. The van der Waals surface area contributed by atoms with Crippen molar-refractivity contribution < 1.29 is 18.3 Å². The van der Waals surface area contributed by atoms with Crippen molar-refractivity contribution in [3.8, 4) is 0 Å². The van der Waals surface area contributed by atoms with Crippen LogP contribution in [-0.4, -0.2) is 17.6 Å². The fourth-order valence-electron chi connectivity index (χ4n) is 1.25. The number of aromatic nitrogens is 1. The van der Waals surface area contributed by atoms with Gasteiger partial charge in [-0.25, -0.2) is 13.6 Å². The number of aromatic amines is 1. The second-order valence-electron chi connectivity index (χ2n) is 3.09. The second kappa shape index (κ2) is 5.90. The van der Waals surface area contributed by atoms with Crippen molar-refractivity contribution in [2.45, 2.75) is 18.7 Å². The SMILES string of the molecule is CCOC(=O)c1cc(=O)c(CBr)c(C(F)F)[nH]1. The maximum Gasteiger partial charge on any atom is 0.354 e. The average Bonchev–Trinajstić information content (AvgIpc) is 2.28. The number of rotatable bonds is 4. The van der Waals surface area contributed by atoms with Crippen LogP contribution in [0, 0.1) is 0 Å². The maximum absolute atomic E-state index is 12.7. The first-order valence-corrected chi connectivity index (χ1v) is 5.90. The summed E-state index contributed by atoms with van der Waals surface area (Å²) in [5.41, 5.74) is -1.54. The Hall–Kier alpha value is -1.24. The van der Waals surface area contributed by atoms with Gasteiger partial charge in [-0.1, -0.05) is 15.9 Å². The molecule has 0 aromatic carbocycles. The Morgan fingerprint density at radius 2 is 2.24 bits per heavy atom. The summed E-state index contributed by atoms with van der Waals surface area (Å²) in [4.78, 5) is 25.1. The smallest absolute Gasteiger partial charge is 0.354 e. The molecule has 0 radical (unpaired) electrons. The lowest BCUT2D eigenvalue weighted by molar-refractivity contribution is 0.0517. The number of ether oxygens (including phenoxy) is 1. The molecule has 1 N–H and O–H groups in total. The van der Waals surface area contributed by atoms with E-state index in [1.54, 1.807) is 6.92 Å². The number of alkyl halides is 3. The van der Waals surface area contributed by atoms with Gasteiger partial charge >= 0.3 is 5.97 Å². The third-order valence-corrected chi connectivity index (χ3v) is 2.58. The molecule has 94 valence electrons. The van der Waals surface area contributed by atoms with E-state index in [1.807, 2.05) is 0 Å². The van der Waals surface area contributed by atoms with Gasteiger partial charge in [-0.3, -0.25) is 4.79 Å². The number of esters is 1. The average molecular weight is 310 g/mol. The highest BCUT2D eigenvalue weighted by atomic mass is 79.9. The van der Waals surface area contributed by atoms with E-state index in [2.05, 4.69) is 25.7 Å². The minimum absolute atomic E-state index is 0.00882. The van der Waals surface area contributed by atoms with Gasteiger partial charge in [0.1, 0.15) is 5.69 Å². The van der Waals surface area contributed by atoms with Crippen molar-refractivity contribution in [3.05, 3.63) is 33.2 Å². The molecule has 0 unspecified atom stereocenters. The standard InChI is InChI=1S/C10H10BrF2NO3/c1-2-17-10(16)6-3-7(15)5(4-11)8(14-6)9(12)13/h3,9H,2,4H2,1H3,(H,14,15). The molecule has 0 fully saturated rings. The van der Waals surface area contributed by atoms with E-state index in [9.17, 15) is 18.4 Å². The van der Waals surface area contributed by atoms with Crippen LogP contribution in [0.4, 0.5) is 8.78 Å². The fraction of sp³-hybridized carbons (Fsp3) is 0.400. The summed E-state index contributed by atoms with van der Waals surface area (Å²) in [7, 11) is 0. The Balaban J connectivity index is 3.29. The second-order valence-corrected chi connectivity index (χ2v) is 3.66. The first-order chi connectivity index (χ1) is 8.01. The van der Waals surface area contributed by atoms with Gasteiger partial charge in [-0.2, -0.15) is 0 Å². The summed E-state index contributed by atoms with van der Waals surface area (Å²) in [5.74, 6) is -0.826. The molecule has 1 aromatic rings. The maximum atomic E-state index is 12.7. The summed E-state index contributed by atoms with van der Waals surface area (Å²) in [6.07, 6.45) is -2.86. The highest BCUT2D eigenvalue weighted by Crippen LogP contribution is 2.20. The molecule has 0 aliphatic heterocycles. The van der Waals surface area contributed by atoms with Crippen molar-refractivity contribution >= 4 is 21.9 Å². The number of carbonyl (C=O) groups excluding carboxylic acids is 1. The number of hydrogen-bond acceptors (Lipinski definition) is 3. The molecule has 0 saturated heterocycles. The fourth-order valence-corrected chi connectivity index (χ4v) is 1.83. The zero-order chi connectivity index (χ0) is 13.0. The summed E-state index contributed by atoms with van der Waals surface area (Å²) in [6.45, 7) is 1.68. The van der Waals surface area contributed by atoms with Gasteiger partial charge in [0.05, 0.1) is 12.3 Å². The highest BCUT2D eigenvalue weighted by Gasteiger charge is 2.19. The summed E-state index contributed by atoms with van der Waals surface area (Å²) < 4.78 is 30.0. The quantitative estimate of drug-likeness (QED) is 0.686. The molecule has 0 aliphatic carbocycles. The molecule has 17 heavy (non-hydrogen) atoms. The van der Waals surface area contributed by atoms with Crippen LogP contribution < -0.4 is 5.43 Å². The largest absolute Gasteiger partial charge is 0.461 e. The predicted molar refractivity (Wildman–Crippen MR) is 60.6 cm³/mol. The first-order valence-electron chi connectivity index (χ1n) is 4.78. The molecule has 4 nitrogen and oxygen atoms in total. The van der Waals surface area contributed by atoms with Gasteiger partial charge < -0.3 is 9.72 Å². The van der Waals surface area contributed by atoms with E-state index in [0.29, 0.717) is 0 Å². The number of hydrogen-bond donors (Lipinski definition) is 1. The lowest BCUT2D eigenvalue weighted by Gasteiger charge is -2.08. The van der Waals surface area contributed by atoms with E-state index in [-0.39, 0.29) is 23.2 Å². The Morgan fingerprint density at radius 1 is 1.59 bits per heavy atom. The van der Waals surface area contributed by atoms with Crippen LogP contribution in [0.25, 0.3) is 0 Å². The molecule has 0 spiro atoms. The number of H-pyrrole nitrogens is 1. The van der Waals surface area contributed by atoms with E-state index < -0.39 is 23.5 Å². The molecule has 1 rings (SSSR count). The van der Waals surface area contributed by atoms with Crippen LogP contribution >= 0.6 is 15.9 Å². The van der Waals surface area contributed by atoms with Gasteiger partial charge in [0.15, 0.2) is 5.43 Å². The molecule has 1 heterocycles. The van der Waals surface area contributed by atoms with Crippen LogP contribution in [0.3, 0.4) is 0 Å². The monoisotopic (exact) mass is 309 g/mol. The lowest BCUT2D eigenvalue weighted by Crippen LogP contribution is -2.18. The normalized spacial score (nSPS) is 10.6. The van der Waals surface area contributed by atoms with Crippen LogP contribution in [0.5, 0.6) is 0 Å². The summed E-state index contributed by atoms with van der Waals surface area (Å²) in [5, 5.41) is -0.00882. The van der Waals surface area contributed by atoms with Gasteiger partial charge in [0.2, 0.25) is 0 Å². The van der Waals surface area contributed by atoms with Gasteiger partial charge in [-0.15, -0.1) is 0 Å². The molecule has 1 aromatic heterocycles. The zero-order valence-electron chi connectivity index (χ0n) is 8.93. The van der Waals surface area contributed by atoms with E-state index in [0.717, 1.165) is 6.07 Å². The van der Waals surface area contributed by atoms with Crippen molar-refractivity contribution in [1.82, 2.24) is 4.98 Å². The molecule has 0 bridgehead atoms. The number of pyridine rings is 1. The van der Waals surface area contributed by atoms with Gasteiger partial charge in [0.25, 0.3) is 6.43 Å². The highest BCUT2D eigenvalue weighted by molar-refractivity contribution is 9.08. The topological polar surface area (TPSA) is 59.2 Å². The van der Waals surface area contributed by atoms with E-state index in [4.69, 9.17) is 0 Å². The van der Waals surface area contributed by atoms with Crippen LogP contribution in [0.15, 0.2) is 10.9 Å². The van der Waals surface area contributed by atoms with Crippen LogP contribution in [0.2, 0.25) is 0 Å². The predicted octanol–water partition coefficient (Wildman–Crippen LogP) is 2.38. The van der Waals surface area contributed by atoms with E-state index >= 15 is 0 Å². The van der Waals surface area contributed by atoms with Crippen molar-refractivity contribution in [3.63, 3.8) is 0 Å². The van der Waals surface area contributed by atoms with Gasteiger partial charge in [0, 0.05) is 17.0 Å². The Kier molecular flexibility index (Phi) is 4.80. The van der Waals surface area contributed by atoms with Crippen molar-refractivity contribution in [2.24, 2.45) is 0 Å². The van der Waals surface area contributed by atoms with Gasteiger partial charge in [-0.05, 0) is 6.92 Å². The Bertz CT molecular complexity index is 473. The molecule has 0 amide bonds. The number of halogens is 3. The Labute approximate surface area is 104 Å². The minimum atomic E-state index is -2.86. The molecule has 0 aliphatic rings. The van der Waals surface area contributed by atoms with Crippen molar-refractivity contribution in [2.75, 3.05) is 6.61 Å². The minimum Gasteiger partial charge on any atom is -0.461 e. The first kappa shape index (κ1) is 13.8. The molecular weight excluding hydrogens is 300 g/mol. The third-order valence-electron chi connectivity index (χ3n) is 2.01. The number of nitrogens with one attached hydrogen (secondary N) is 1. The Morgan fingerprint density at radius 3 is 2.71 bits per heavy atom. The summed E-state index contributed by atoms with van der Waals surface area (Å²) in [6, 6.07) is 0.959. The lowest BCUT2D eigenvalue weighted by atomic mass is 10.2. The molecule has 0 atom stereocenters. The van der Waals surface area contributed by atoms with Crippen molar-refractivity contribution in [1.29, 1.82) is 0 Å². The third kappa shape index (κ3) is 3.12.